The number of carbonyl (C=O) groups excluding carboxylic acids is 1. The van der Waals surface area contributed by atoms with Crippen molar-refractivity contribution in [2.75, 3.05) is 7.11 Å². The van der Waals surface area contributed by atoms with E-state index in [0.29, 0.717) is 29.1 Å². The SMILES string of the molecule is COc1cccc(C(=O)O[C@H]2Cc3cc4ccc(=O)oc4cc3OC2(C)C)c1. The number of ether oxygens (including phenoxy) is 3. The molecule has 1 aromatic heterocycles. The zero-order valence-corrected chi connectivity index (χ0v) is 15.9. The van der Waals surface area contributed by atoms with Crippen molar-refractivity contribution in [2.24, 2.45) is 0 Å². The second-order valence-electron chi connectivity index (χ2n) is 7.29. The lowest BCUT2D eigenvalue weighted by Gasteiger charge is -2.39. The van der Waals surface area contributed by atoms with Crippen LogP contribution >= 0.6 is 0 Å². The zero-order valence-electron chi connectivity index (χ0n) is 15.9. The molecule has 1 atom stereocenters. The molecule has 0 aliphatic carbocycles. The first-order chi connectivity index (χ1) is 13.4. The van der Waals surface area contributed by atoms with Gasteiger partial charge in [-0.3, -0.25) is 0 Å². The highest BCUT2D eigenvalue weighted by atomic mass is 16.6. The van der Waals surface area contributed by atoms with E-state index in [2.05, 4.69) is 0 Å². The van der Waals surface area contributed by atoms with Gasteiger partial charge in [-0.1, -0.05) is 6.07 Å². The number of methoxy groups -OCH3 is 1. The summed E-state index contributed by atoms with van der Waals surface area (Å²) in [6.07, 6.45) is 0.0134. The summed E-state index contributed by atoms with van der Waals surface area (Å²) in [5, 5.41) is 0.791. The van der Waals surface area contributed by atoms with E-state index in [9.17, 15) is 9.59 Å². The minimum absolute atomic E-state index is 0.410. The van der Waals surface area contributed by atoms with Crippen LogP contribution in [0.4, 0.5) is 0 Å². The summed E-state index contributed by atoms with van der Waals surface area (Å²) < 4.78 is 22.3. The molecule has 6 heteroatoms. The zero-order chi connectivity index (χ0) is 19.9. The van der Waals surface area contributed by atoms with Crippen molar-refractivity contribution in [3.8, 4) is 11.5 Å². The van der Waals surface area contributed by atoms with E-state index in [4.69, 9.17) is 18.6 Å². The highest BCUT2D eigenvalue weighted by Crippen LogP contribution is 2.37. The molecule has 2 heterocycles. The summed E-state index contributed by atoms with van der Waals surface area (Å²) in [6.45, 7) is 3.73. The molecule has 0 radical (unpaired) electrons. The molecule has 2 aromatic carbocycles. The van der Waals surface area contributed by atoms with Crippen molar-refractivity contribution in [3.05, 3.63) is 70.1 Å². The van der Waals surface area contributed by atoms with Crippen LogP contribution in [0.1, 0.15) is 29.8 Å². The molecule has 3 aromatic rings. The standard InChI is InChI=1S/C22H20O6/c1-22(2)19(27-21(24)14-5-4-6-16(10-14)25-3)11-15-9-13-7-8-20(23)26-17(13)12-18(15)28-22/h4-10,12,19H,11H2,1-3H3/t19-/m0/s1. The third-order valence-electron chi connectivity index (χ3n) is 4.91. The Kier molecular flexibility index (Phi) is 4.34. The van der Waals surface area contributed by atoms with Gasteiger partial charge in [0.15, 0.2) is 0 Å². The lowest BCUT2D eigenvalue weighted by molar-refractivity contribution is -0.0593. The normalized spacial score (nSPS) is 17.5. The van der Waals surface area contributed by atoms with E-state index in [0.717, 1.165) is 10.9 Å². The predicted octanol–water partition coefficient (Wildman–Crippen LogP) is 3.74. The van der Waals surface area contributed by atoms with Gasteiger partial charge in [0.2, 0.25) is 0 Å². The van der Waals surface area contributed by atoms with Crippen molar-refractivity contribution < 1.29 is 23.4 Å². The van der Waals surface area contributed by atoms with Gasteiger partial charge < -0.3 is 18.6 Å². The van der Waals surface area contributed by atoms with Crippen LogP contribution in [0.15, 0.2) is 57.7 Å². The Labute approximate surface area is 161 Å². The smallest absolute Gasteiger partial charge is 0.338 e. The summed E-state index contributed by atoms with van der Waals surface area (Å²) in [6, 6.07) is 13.5. The predicted molar refractivity (Wildman–Crippen MR) is 103 cm³/mol. The molecule has 0 saturated carbocycles. The van der Waals surface area contributed by atoms with Crippen LogP contribution in [-0.2, 0) is 11.2 Å². The largest absolute Gasteiger partial charge is 0.497 e. The van der Waals surface area contributed by atoms with Gasteiger partial charge in [0.1, 0.15) is 28.8 Å². The molecular weight excluding hydrogens is 360 g/mol. The number of carbonyl (C=O) groups is 1. The Morgan fingerprint density at radius 3 is 2.75 bits per heavy atom. The van der Waals surface area contributed by atoms with Crippen LogP contribution in [0.5, 0.6) is 11.5 Å². The van der Waals surface area contributed by atoms with E-state index in [-0.39, 0.29) is 0 Å². The van der Waals surface area contributed by atoms with Crippen LogP contribution in [-0.4, -0.2) is 24.8 Å². The maximum Gasteiger partial charge on any atom is 0.338 e. The van der Waals surface area contributed by atoms with Crippen LogP contribution in [0.2, 0.25) is 0 Å². The summed E-state index contributed by atoms with van der Waals surface area (Å²) in [4.78, 5) is 24.1. The monoisotopic (exact) mass is 380 g/mol. The second kappa shape index (κ2) is 6.71. The summed E-state index contributed by atoms with van der Waals surface area (Å²) >= 11 is 0. The molecule has 0 fully saturated rings. The van der Waals surface area contributed by atoms with Crippen LogP contribution in [0, 0.1) is 0 Å². The highest BCUT2D eigenvalue weighted by molar-refractivity contribution is 5.90. The van der Waals surface area contributed by atoms with Gasteiger partial charge in [-0.2, -0.15) is 0 Å². The van der Waals surface area contributed by atoms with Gasteiger partial charge in [0.05, 0.1) is 12.7 Å². The number of esters is 1. The second-order valence-corrected chi connectivity index (χ2v) is 7.29. The third kappa shape index (κ3) is 3.33. The number of fused-ring (bicyclic) bond motifs is 2. The van der Waals surface area contributed by atoms with Crippen molar-refractivity contribution in [1.29, 1.82) is 0 Å². The van der Waals surface area contributed by atoms with Crippen molar-refractivity contribution in [3.63, 3.8) is 0 Å². The average molecular weight is 380 g/mol. The van der Waals surface area contributed by atoms with E-state index in [1.807, 2.05) is 19.9 Å². The van der Waals surface area contributed by atoms with Crippen LogP contribution in [0.25, 0.3) is 11.0 Å². The third-order valence-corrected chi connectivity index (χ3v) is 4.91. The Morgan fingerprint density at radius 1 is 1.14 bits per heavy atom. The maximum absolute atomic E-state index is 12.6. The summed E-state index contributed by atoms with van der Waals surface area (Å²) in [5.41, 5.74) is 0.622. The molecule has 0 spiro atoms. The fourth-order valence-electron chi connectivity index (χ4n) is 3.32. The molecular formula is C22H20O6. The van der Waals surface area contributed by atoms with Gasteiger partial charge in [-0.15, -0.1) is 0 Å². The van der Waals surface area contributed by atoms with Gasteiger partial charge in [0.25, 0.3) is 0 Å². The Morgan fingerprint density at radius 2 is 1.96 bits per heavy atom. The number of hydrogen-bond acceptors (Lipinski definition) is 6. The Hall–Kier alpha value is -3.28. The highest BCUT2D eigenvalue weighted by Gasteiger charge is 2.40. The molecule has 0 bridgehead atoms. The fourth-order valence-corrected chi connectivity index (χ4v) is 3.32. The number of benzene rings is 2. The minimum Gasteiger partial charge on any atom is -0.497 e. The van der Waals surface area contributed by atoms with Crippen molar-refractivity contribution in [2.45, 2.75) is 32.0 Å². The lowest BCUT2D eigenvalue weighted by atomic mass is 9.90. The molecule has 1 aliphatic heterocycles. The number of hydrogen-bond donors (Lipinski definition) is 0. The molecule has 4 rings (SSSR count). The van der Waals surface area contributed by atoms with Crippen molar-refractivity contribution in [1.82, 2.24) is 0 Å². The topological polar surface area (TPSA) is 75.0 Å². The van der Waals surface area contributed by atoms with Crippen LogP contribution in [0.3, 0.4) is 0 Å². The molecule has 0 amide bonds. The summed E-state index contributed by atoms with van der Waals surface area (Å²) in [7, 11) is 1.55. The van der Waals surface area contributed by atoms with E-state index < -0.39 is 23.3 Å². The van der Waals surface area contributed by atoms with Gasteiger partial charge in [-0.05, 0) is 49.7 Å². The molecule has 0 saturated heterocycles. The molecule has 1 aliphatic rings. The molecule has 28 heavy (non-hydrogen) atoms. The van der Waals surface area contributed by atoms with Crippen molar-refractivity contribution >= 4 is 16.9 Å². The number of rotatable bonds is 3. The van der Waals surface area contributed by atoms with E-state index in [1.54, 1.807) is 43.5 Å². The van der Waals surface area contributed by atoms with E-state index >= 15 is 0 Å². The van der Waals surface area contributed by atoms with Gasteiger partial charge >= 0.3 is 11.6 Å². The quantitative estimate of drug-likeness (QED) is 0.509. The molecule has 144 valence electrons. The van der Waals surface area contributed by atoms with E-state index in [1.165, 1.54) is 6.07 Å². The first-order valence-electron chi connectivity index (χ1n) is 8.96. The first-order valence-corrected chi connectivity index (χ1v) is 8.96. The Bertz CT molecular complexity index is 1110. The maximum atomic E-state index is 12.6. The van der Waals surface area contributed by atoms with Crippen LogP contribution < -0.4 is 15.1 Å². The minimum atomic E-state index is -0.746. The molecule has 6 nitrogen and oxygen atoms in total. The van der Waals surface area contributed by atoms with Gasteiger partial charge in [0, 0.05) is 23.9 Å². The first kappa shape index (κ1) is 18.1. The average Bonchev–Trinajstić information content (AvgIpc) is 2.67. The van der Waals surface area contributed by atoms with Gasteiger partial charge in [-0.25, -0.2) is 9.59 Å². The molecule has 0 N–H and O–H groups in total. The lowest BCUT2D eigenvalue weighted by Crippen LogP contribution is -2.48. The summed E-state index contributed by atoms with van der Waals surface area (Å²) in [5.74, 6) is 0.781. The Balaban J connectivity index is 1.63. The fraction of sp³-hybridized carbons (Fsp3) is 0.273. The molecule has 0 unspecified atom stereocenters.